The topological polar surface area (TPSA) is 64.2 Å². The molecule has 0 fully saturated rings. The molecule has 0 bridgehead atoms. The smallest absolute Gasteiger partial charge is 0.253 e. The van der Waals surface area contributed by atoms with Crippen molar-refractivity contribution >= 4 is 5.91 Å². The van der Waals surface area contributed by atoms with E-state index in [1.54, 1.807) is 11.1 Å². The highest BCUT2D eigenvalue weighted by Crippen LogP contribution is 2.07. The predicted molar refractivity (Wildman–Crippen MR) is 82.9 cm³/mol. The lowest BCUT2D eigenvalue weighted by atomic mass is 10.1. The molecule has 0 aliphatic rings. The van der Waals surface area contributed by atoms with E-state index < -0.39 is 0 Å². The molecule has 1 aromatic carbocycles. The number of hydrogen-bond acceptors (Lipinski definition) is 3. The zero-order valence-electron chi connectivity index (χ0n) is 12.6. The molecular formula is C16H22N4O. The number of imidazole rings is 1. The average molecular weight is 286 g/mol. The first kappa shape index (κ1) is 15.3. The molecule has 0 atom stereocenters. The number of aromatic nitrogens is 2. The summed E-state index contributed by atoms with van der Waals surface area (Å²) in [4.78, 5) is 18.2. The molecule has 1 aromatic heterocycles. The van der Waals surface area contributed by atoms with Crippen LogP contribution in [0, 0.1) is 6.92 Å². The Morgan fingerprint density at radius 1 is 1.33 bits per heavy atom. The van der Waals surface area contributed by atoms with Crippen molar-refractivity contribution in [2.24, 2.45) is 5.73 Å². The fourth-order valence-corrected chi connectivity index (χ4v) is 2.22. The summed E-state index contributed by atoms with van der Waals surface area (Å²) in [6, 6.07) is 7.47. The number of carbonyl (C=O) groups is 1. The van der Waals surface area contributed by atoms with Crippen LogP contribution in [0.1, 0.15) is 28.2 Å². The van der Waals surface area contributed by atoms with Crippen molar-refractivity contribution in [1.82, 2.24) is 14.5 Å². The summed E-state index contributed by atoms with van der Waals surface area (Å²) >= 11 is 0. The van der Waals surface area contributed by atoms with Crippen molar-refractivity contribution in [1.29, 1.82) is 0 Å². The van der Waals surface area contributed by atoms with Crippen LogP contribution in [-0.2, 0) is 13.1 Å². The van der Waals surface area contributed by atoms with Gasteiger partial charge in [-0.3, -0.25) is 4.79 Å². The van der Waals surface area contributed by atoms with Gasteiger partial charge in [-0.2, -0.15) is 0 Å². The van der Waals surface area contributed by atoms with E-state index in [1.807, 2.05) is 44.4 Å². The van der Waals surface area contributed by atoms with E-state index >= 15 is 0 Å². The minimum Gasteiger partial charge on any atom is -0.342 e. The van der Waals surface area contributed by atoms with E-state index in [4.69, 9.17) is 5.73 Å². The zero-order chi connectivity index (χ0) is 15.2. The molecule has 0 aliphatic carbocycles. The van der Waals surface area contributed by atoms with Gasteiger partial charge in [0.05, 0.1) is 0 Å². The molecule has 0 radical (unpaired) electrons. The van der Waals surface area contributed by atoms with Crippen molar-refractivity contribution in [2.45, 2.75) is 26.4 Å². The molecule has 0 saturated heterocycles. The molecule has 0 aliphatic heterocycles. The van der Waals surface area contributed by atoms with Gasteiger partial charge in [0.25, 0.3) is 5.91 Å². The van der Waals surface area contributed by atoms with Crippen molar-refractivity contribution < 1.29 is 4.79 Å². The largest absolute Gasteiger partial charge is 0.342 e. The number of carbonyl (C=O) groups excluding carboxylic acids is 1. The standard InChI is InChI=1S/C16H22N4O/c1-13-18-8-11-20(13)10-3-9-19(2)16(21)15-6-4-14(12-17)5-7-15/h4-8,11H,3,9-10,12,17H2,1-2H3. The molecule has 0 saturated carbocycles. The third kappa shape index (κ3) is 3.92. The predicted octanol–water partition coefficient (Wildman–Crippen LogP) is 1.81. The summed E-state index contributed by atoms with van der Waals surface area (Å²) in [5, 5.41) is 0. The van der Waals surface area contributed by atoms with E-state index in [0.29, 0.717) is 12.1 Å². The van der Waals surface area contributed by atoms with Gasteiger partial charge in [-0.15, -0.1) is 0 Å². The number of hydrogen-bond donors (Lipinski definition) is 1. The lowest BCUT2D eigenvalue weighted by Gasteiger charge is -2.17. The first-order valence-corrected chi connectivity index (χ1v) is 7.14. The van der Waals surface area contributed by atoms with Gasteiger partial charge in [-0.1, -0.05) is 12.1 Å². The highest BCUT2D eigenvalue weighted by atomic mass is 16.2. The summed E-state index contributed by atoms with van der Waals surface area (Å²) in [6.07, 6.45) is 4.66. The van der Waals surface area contributed by atoms with E-state index in [1.165, 1.54) is 0 Å². The Hall–Kier alpha value is -2.14. The third-order valence-electron chi connectivity index (χ3n) is 3.60. The number of benzene rings is 1. The van der Waals surface area contributed by atoms with Crippen LogP contribution >= 0.6 is 0 Å². The molecular weight excluding hydrogens is 264 g/mol. The van der Waals surface area contributed by atoms with Gasteiger partial charge in [0, 0.05) is 44.6 Å². The summed E-state index contributed by atoms with van der Waals surface area (Å²) in [7, 11) is 1.83. The molecule has 2 aromatic rings. The molecule has 21 heavy (non-hydrogen) atoms. The van der Waals surface area contributed by atoms with Crippen LogP contribution in [0.5, 0.6) is 0 Å². The first-order chi connectivity index (χ1) is 10.1. The van der Waals surface area contributed by atoms with E-state index in [2.05, 4.69) is 9.55 Å². The number of aryl methyl sites for hydroxylation is 2. The van der Waals surface area contributed by atoms with Gasteiger partial charge >= 0.3 is 0 Å². The van der Waals surface area contributed by atoms with Gasteiger partial charge in [0.2, 0.25) is 0 Å². The van der Waals surface area contributed by atoms with Crippen molar-refractivity contribution in [3.63, 3.8) is 0 Å². The number of nitrogens with zero attached hydrogens (tertiary/aromatic N) is 3. The zero-order valence-corrected chi connectivity index (χ0v) is 12.6. The summed E-state index contributed by atoms with van der Waals surface area (Å²) in [5.41, 5.74) is 7.29. The second-order valence-corrected chi connectivity index (χ2v) is 5.15. The molecule has 0 spiro atoms. The normalized spacial score (nSPS) is 10.6. The number of nitrogens with two attached hydrogens (primary N) is 1. The molecule has 1 amide bonds. The minimum absolute atomic E-state index is 0.0425. The maximum absolute atomic E-state index is 12.3. The molecule has 2 N–H and O–H groups in total. The molecule has 112 valence electrons. The quantitative estimate of drug-likeness (QED) is 0.881. The average Bonchev–Trinajstić information content (AvgIpc) is 2.92. The second kappa shape index (κ2) is 7.04. The highest BCUT2D eigenvalue weighted by Gasteiger charge is 2.11. The fraction of sp³-hybridized carbons (Fsp3) is 0.375. The van der Waals surface area contributed by atoms with Crippen molar-refractivity contribution in [2.75, 3.05) is 13.6 Å². The van der Waals surface area contributed by atoms with Gasteiger partial charge < -0.3 is 15.2 Å². The molecule has 5 heteroatoms. The maximum atomic E-state index is 12.3. The Morgan fingerprint density at radius 3 is 2.62 bits per heavy atom. The highest BCUT2D eigenvalue weighted by molar-refractivity contribution is 5.94. The number of rotatable bonds is 6. The Labute approximate surface area is 125 Å². The summed E-state index contributed by atoms with van der Waals surface area (Å²) in [5.74, 6) is 1.04. The lowest BCUT2D eigenvalue weighted by molar-refractivity contribution is 0.0792. The summed E-state index contributed by atoms with van der Waals surface area (Å²) in [6.45, 7) is 4.06. The van der Waals surface area contributed by atoms with E-state index in [-0.39, 0.29) is 5.91 Å². The van der Waals surface area contributed by atoms with E-state index in [0.717, 1.165) is 30.9 Å². The van der Waals surface area contributed by atoms with Crippen LogP contribution in [0.15, 0.2) is 36.7 Å². The third-order valence-corrected chi connectivity index (χ3v) is 3.60. The van der Waals surface area contributed by atoms with Crippen LogP contribution in [-0.4, -0.2) is 34.0 Å². The van der Waals surface area contributed by atoms with Gasteiger partial charge in [-0.25, -0.2) is 4.98 Å². The summed E-state index contributed by atoms with van der Waals surface area (Å²) < 4.78 is 2.09. The van der Waals surface area contributed by atoms with E-state index in [9.17, 15) is 4.79 Å². The van der Waals surface area contributed by atoms with Gasteiger partial charge in [0.15, 0.2) is 0 Å². The Kier molecular flexibility index (Phi) is 5.11. The van der Waals surface area contributed by atoms with Crippen LogP contribution in [0.4, 0.5) is 0 Å². The molecule has 0 unspecified atom stereocenters. The molecule has 5 nitrogen and oxygen atoms in total. The van der Waals surface area contributed by atoms with Crippen molar-refractivity contribution in [3.8, 4) is 0 Å². The molecule has 1 heterocycles. The van der Waals surface area contributed by atoms with Gasteiger partial charge in [0.1, 0.15) is 5.82 Å². The van der Waals surface area contributed by atoms with Crippen LogP contribution in [0.2, 0.25) is 0 Å². The van der Waals surface area contributed by atoms with Crippen molar-refractivity contribution in [3.05, 3.63) is 53.6 Å². The lowest BCUT2D eigenvalue weighted by Crippen LogP contribution is -2.28. The second-order valence-electron chi connectivity index (χ2n) is 5.15. The van der Waals surface area contributed by atoms with Gasteiger partial charge in [-0.05, 0) is 31.0 Å². The monoisotopic (exact) mass is 286 g/mol. The maximum Gasteiger partial charge on any atom is 0.253 e. The van der Waals surface area contributed by atoms with Crippen LogP contribution < -0.4 is 5.73 Å². The Bertz CT molecular complexity index is 589. The number of amides is 1. The van der Waals surface area contributed by atoms with Crippen LogP contribution in [0.25, 0.3) is 0 Å². The Morgan fingerprint density at radius 2 is 2.05 bits per heavy atom. The fourth-order valence-electron chi connectivity index (χ4n) is 2.22. The SMILES string of the molecule is Cc1nccn1CCCN(C)C(=O)c1ccc(CN)cc1. The van der Waals surface area contributed by atoms with Crippen LogP contribution in [0.3, 0.4) is 0 Å². The first-order valence-electron chi connectivity index (χ1n) is 7.14. The Balaban J connectivity index is 1.85. The molecule has 2 rings (SSSR count). The minimum atomic E-state index is 0.0425.